The molecule has 78 heavy (non-hydrogen) atoms. The van der Waals surface area contributed by atoms with Crippen molar-refractivity contribution in [2.45, 2.75) is 77.2 Å². The van der Waals surface area contributed by atoms with E-state index in [1.165, 1.54) is 15.2 Å². The summed E-state index contributed by atoms with van der Waals surface area (Å²) >= 11 is 0. The number of fused-ring (bicyclic) bond motifs is 11. The Labute approximate surface area is 509 Å². The van der Waals surface area contributed by atoms with Crippen LogP contribution in [0.3, 0.4) is 0 Å². The summed E-state index contributed by atoms with van der Waals surface area (Å²) < 4.78 is 264. The molecule has 384 valence electrons. The Bertz CT molecular complexity index is 5660. The molecule has 1 aliphatic carbocycles. The molecule has 0 fully saturated rings. The van der Waals surface area contributed by atoms with Crippen LogP contribution < -0.4 is 9.30 Å². The topological polar surface area (TPSA) is 35.9 Å². The minimum absolute atomic E-state index is 0. The van der Waals surface area contributed by atoms with Crippen LogP contribution in [-0.2, 0) is 37.3 Å². The molecule has 5 nitrogen and oxygen atoms in total. The third-order valence-electron chi connectivity index (χ3n) is 14.2. The smallest absolute Gasteiger partial charge is 0.268 e. The minimum atomic E-state index is -4.68. The van der Waals surface area contributed by atoms with E-state index in [2.05, 4.69) is 39.2 Å². The molecule has 0 bridgehead atoms. The third kappa shape index (κ3) is 8.16. The standard InChI is InChI=1S/C72H58N4O.Pt/c1-70(2,3)50-34-37-73-68(42-50)76-64-27-16-15-26-58(64)60-32-30-53(44-66(60)76)77-52-21-17-20-51(43-52)74-45-75-65-40-48(46-18-9-8-10-19-46)28-31-59(65)56-24-13-11-22-54(56)55-23-12-14-25-57(55)61-38-49(41-67(74)69(61)75)47-29-33-62-63(39-47)72(6,7)36-35-71(62,4)5;/h8-34,37-42H,35-36H2,1-7H3;/q-2;/i4D3,5D3,6D3,7D3,11D,12D,13D,14D,22D,23D,24D,25D,29D,33D,35D2,36D2,39D;. The fourth-order valence-corrected chi connectivity index (χ4v) is 10.4. The molecule has 0 unspecified atom stereocenters. The first-order valence-electron chi connectivity index (χ1n) is 38.1. The van der Waals surface area contributed by atoms with Gasteiger partial charge >= 0.3 is 0 Å². The molecule has 9 aromatic carbocycles. The van der Waals surface area contributed by atoms with E-state index in [1.54, 1.807) is 79.0 Å². The minimum Gasteiger partial charge on any atom is -0.510 e. The quantitative estimate of drug-likeness (QED) is 0.123. The van der Waals surface area contributed by atoms with Gasteiger partial charge in [0.2, 0.25) is 0 Å². The maximum atomic E-state index is 10.4. The molecule has 0 N–H and O–H groups in total. The van der Waals surface area contributed by atoms with Gasteiger partial charge in [-0.1, -0.05) is 187 Å². The zero-order valence-electron chi connectivity index (χ0n) is 68.7. The predicted octanol–water partition coefficient (Wildman–Crippen LogP) is 17.9. The number of hydrogen-bond acceptors (Lipinski definition) is 2. The van der Waals surface area contributed by atoms with Gasteiger partial charge in [0.15, 0.2) is 0 Å². The molecule has 0 saturated carbocycles. The molecule has 6 heteroatoms. The van der Waals surface area contributed by atoms with Crippen LogP contribution in [0.25, 0.3) is 106 Å². The molecule has 12 aromatic rings. The van der Waals surface area contributed by atoms with Crippen molar-refractivity contribution < 1.29 is 67.4 Å². The van der Waals surface area contributed by atoms with Crippen molar-refractivity contribution >= 4 is 32.8 Å². The van der Waals surface area contributed by atoms with Crippen molar-refractivity contribution in [1.82, 2.24) is 14.1 Å². The fourth-order valence-electron chi connectivity index (χ4n) is 10.4. The van der Waals surface area contributed by atoms with E-state index in [1.807, 2.05) is 47.0 Å². The molecule has 3 aromatic heterocycles. The van der Waals surface area contributed by atoms with Gasteiger partial charge in [0.25, 0.3) is 6.33 Å². The summed E-state index contributed by atoms with van der Waals surface area (Å²) in [4.78, 5) is 4.80. The van der Waals surface area contributed by atoms with E-state index in [4.69, 9.17) is 28.9 Å². The molecule has 0 saturated heterocycles. The fraction of sp³-hybridized carbons (Fsp3) is 0.167. The number of aromatic nitrogens is 4. The second-order valence-electron chi connectivity index (χ2n) is 20.1. The zero-order valence-corrected chi connectivity index (χ0v) is 44.0. The van der Waals surface area contributed by atoms with Crippen LogP contribution in [0.15, 0.2) is 200 Å². The van der Waals surface area contributed by atoms with Gasteiger partial charge in [-0.2, -0.15) is 18.2 Å². The van der Waals surface area contributed by atoms with Crippen LogP contribution in [0.5, 0.6) is 11.5 Å². The number of pyridine rings is 1. The molecular weight excluding hydrogens is 1130 g/mol. The van der Waals surface area contributed by atoms with Gasteiger partial charge in [0, 0.05) is 66.2 Å². The summed E-state index contributed by atoms with van der Waals surface area (Å²) in [5.41, 5.74) is -12.9. The molecule has 2 aliphatic rings. The van der Waals surface area contributed by atoms with E-state index in [9.17, 15) is 17.8 Å². The second-order valence-corrected chi connectivity index (χ2v) is 20.1. The monoisotopic (exact) mass is 1220 g/mol. The van der Waals surface area contributed by atoms with Crippen LogP contribution in [0.2, 0.25) is 0 Å². The van der Waals surface area contributed by atoms with Crippen LogP contribution in [0.1, 0.15) is 115 Å². The molecular formula is C72H58N4OPt-2. The van der Waals surface area contributed by atoms with Crippen molar-refractivity contribution in [2.75, 3.05) is 0 Å². The number of imidazole rings is 1. The molecule has 0 radical (unpaired) electrons. The van der Waals surface area contributed by atoms with Gasteiger partial charge in [-0.25, -0.2) is 4.98 Å². The largest absolute Gasteiger partial charge is 0.510 e. The first-order chi connectivity index (χ1) is 48.4. The summed E-state index contributed by atoms with van der Waals surface area (Å²) in [6.45, 7) is -11.3. The van der Waals surface area contributed by atoms with E-state index >= 15 is 0 Å². The van der Waals surface area contributed by atoms with Gasteiger partial charge in [0.05, 0.1) is 31.8 Å². The number of para-hydroxylation sites is 1. The third-order valence-corrected chi connectivity index (χ3v) is 14.2. The van der Waals surface area contributed by atoms with Gasteiger partial charge in [0.1, 0.15) is 5.82 Å². The normalized spacial score (nSPS) is 21.0. The maximum absolute atomic E-state index is 10.4. The molecule has 0 atom stereocenters. The van der Waals surface area contributed by atoms with E-state index in [-0.39, 0.29) is 77.1 Å². The van der Waals surface area contributed by atoms with E-state index in [0.29, 0.717) is 22.5 Å². The number of ether oxygens (including phenoxy) is 1. The van der Waals surface area contributed by atoms with Crippen molar-refractivity contribution in [3.05, 3.63) is 235 Å². The molecule has 1 aliphatic heterocycles. The Morgan fingerprint density at radius 1 is 0.603 bits per heavy atom. The molecule has 0 spiro atoms. The summed E-state index contributed by atoms with van der Waals surface area (Å²) in [7, 11) is 0. The van der Waals surface area contributed by atoms with Crippen LogP contribution in [0, 0.1) is 18.5 Å². The first kappa shape index (κ1) is 28.0. The second kappa shape index (κ2) is 18.5. The summed E-state index contributed by atoms with van der Waals surface area (Å²) in [6.07, 6.45) is -4.23. The zero-order chi connectivity index (χ0) is 75.5. The Morgan fingerprint density at radius 3 is 2.06 bits per heavy atom. The average Bonchev–Trinajstić information content (AvgIpc) is 1.14. The maximum Gasteiger partial charge on any atom is 0.268 e. The van der Waals surface area contributed by atoms with Gasteiger partial charge in [-0.3, -0.25) is 4.57 Å². The summed E-state index contributed by atoms with van der Waals surface area (Å²) in [6, 6.07) is 31.8. The average molecular weight is 1220 g/mol. The summed E-state index contributed by atoms with van der Waals surface area (Å²) in [5.74, 6) is 0.828. The first-order valence-corrected chi connectivity index (χ1v) is 24.6. The van der Waals surface area contributed by atoms with Gasteiger partial charge < -0.3 is 13.9 Å². The van der Waals surface area contributed by atoms with Crippen molar-refractivity contribution in [3.63, 3.8) is 0 Å². The Hall–Kier alpha value is -8.11. The van der Waals surface area contributed by atoms with Crippen molar-refractivity contribution in [2.24, 2.45) is 0 Å². The predicted molar refractivity (Wildman–Crippen MR) is 315 cm³/mol. The number of benzene rings is 9. The Morgan fingerprint density at radius 2 is 1.31 bits per heavy atom. The summed E-state index contributed by atoms with van der Waals surface area (Å²) in [5, 5.41) is 1.70. The number of hydrogen-bond donors (Lipinski definition) is 0. The molecule has 0 amide bonds. The van der Waals surface area contributed by atoms with Crippen molar-refractivity contribution in [3.8, 4) is 84.3 Å². The van der Waals surface area contributed by atoms with Gasteiger partial charge in [-0.15, -0.1) is 29.7 Å². The van der Waals surface area contributed by atoms with Crippen LogP contribution in [-0.4, -0.2) is 14.1 Å². The molecule has 4 heterocycles. The number of nitrogens with zero attached hydrogens (tertiary/aromatic N) is 4. The van der Waals surface area contributed by atoms with E-state index < -0.39 is 156 Å². The van der Waals surface area contributed by atoms with Crippen LogP contribution >= 0.6 is 0 Å². The van der Waals surface area contributed by atoms with E-state index in [0.717, 1.165) is 27.9 Å². The SMILES string of the molecule is [2H]c1c([2H])c([2H])c2c(c1[2H])-c1ccc(-c3ccccc3)cc1-[n+]1[c-]n(-c3[c-]c(Oc4[c-]c5c(cc4)c4ccccc4n5-c4cc(C(C)(C)C)ccn4)ccc3)c3cc(-c4c([2H])c([2H])c5c(c4[2H])C(C([2H])([2H])[2H])(C([2H])([2H])[2H])C([2H])([2H])C([2H])([2H])C5(C([2H])([2H])[2H])C([2H])([2H])[2H])cc(c31)-c1c([2H])c([2H])c([2H])c([2H])c1-2.[Pt]. The van der Waals surface area contributed by atoms with Crippen LogP contribution in [0.4, 0.5) is 0 Å². The Balaban J connectivity index is 0.00000978. The number of rotatable bonds is 6. The molecule has 14 rings (SSSR count). The Kier molecular flexibility index (Phi) is 6.65. The van der Waals surface area contributed by atoms with Crippen molar-refractivity contribution in [1.29, 1.82) is 0 Å². The van der Waals surface area contributed by atoms with Gasteiger partial charge in [-0.05, 0) is 143 Å².